The first kappa shape index (κ1) is 30.2. The molecule has 5 N–H and O–H groups in total. The second-order valence-corrected chi connectivity index (χ2v) is 11.0. The van der Waals surface area contributed by atoms with Crippen LogP contribution in [0.3, 0.4) is 0 Å². The fraction of sp³-hybridized carbons (Fsp3) is 0.344. The standard InChI is InChI=1S/C32H39N7O3/c1-20(2)17-35-29(40)19-42-26-7-5-6-23(14-26)30-37-28-12-13-39(32(41)21(3)4)18-27(28)31(38-30)36-25-10-8-22(9-11-25)24(15-33)16-34/h5-11,14-16,20-21,33H,12-13,17-19,34H2,1-4H3,(H,35,40)(H,36,37,38)/b24-16+,33-15?. The minimum absolute atomic E-state index is 0.0806. The maximum Gasteiger partial charge on any atom is 0.257 e. The van der Waals surface area contributed by atoms with Crippen molar-refractivity contribution in [2.75, 3.05) is 25.0 Å². The zero-order valence-corrected chi connectivity index (χ0v) is 24.6. The quantitative estimate of drug-likeness (QED) is 0.248. The Morgan fingerprint density at radius 2 is 1.88 bits per heavy atom. The number of nitrogens with zero attached hydrogens (tertiary/aromatic N) is 3. The van der Waals surface area contributed by atoms with Gasteiger partial charge >= 0.3 is 0 Å². The van der Waals surface area contributed by atoms with E-state index in [1.165, 1.54) is 12.4 Å². The van der Waals surface area contributed by atoms with Gasteiger partial charge in [-0.15, -0.1) is 0 Å². The number of nitrogens with one attached hydrogen (secondary N) is 3. The number of hydrogen-bond acceptors (Lipinski definition) is 8. The fourth-order valence-electron chi connectivity index (χ4n) is 4.55. The highest BCUT2D eigenvalue weighted by molar-refractivity contribution is 6.08. The van der Waals surface area contributed by atoms with Crippen LogP contribution in [0.1, 0.15) is 44.5 Å². The predicted octanol–water partition coefficient (Wildman–Crippen LogP) is 4.53. The van der Waals surface area contributed by atoms with Crippen LogP contribution in [0.4, 0.5) is 11.5 Å². The summed E-state index contributed by atoms with van der Waals surface area (Å²) in [6.07, 6.45) is 3.22. The summed E-state index contributed by atoms with van der Waals surface area (Å²) >= 11 is 0. The third-order valence-electron chi connectivity index (χ3n) is 6.85. The number of carbonyl (C=O) groups excluding carboxylic acids is 2. The third-order valence-corrected chi connectivity index (χ3v) is 6.85. The van der Waals surface area contributed by atoms with Gasteiger partial charge in [0.05, 0.1) is 12.2 Å². The molecule has 1 aromatic heterocycles. The van der Waals surface area contributed by atoms with Crippen LogP contribution in [0.5, 0.6) is 5.75 Å². The Bertz CT molecular complexity index is 1470. The molecule has 0 spiro atoms. The summed E-state index contributed by atoms with van der Waals surface area (Å²) in [6, 6.07) is 14.9. The predicted molar refractivity (Wildman–Crippen MR) is 165 cm³/mol. The molecular formula is C32H39N7O3. The Labute approximate surface area is 246 Å². The molecule has 4 rings (SSSR count). The van der Waals surface area contributed by atoms with E-state index < -0.39 is 0 Å². The molecule has 0 fully saturated rings. The smallest absolute Gasteiger partial charge is 0.257 e. The molecule has 10 nitrogen and oxygen atoms in total. The second kappa shape index (κ2) is 13.8. The number of anilines is 2. The van der Waals surface area contributed by atoms with Crippen molar-refractivity contribution in [2.45, 2.75) is 40.7 Å². The van der Waals surface area contributed by atoms with E-state index in [2.05, 4.69) is 10.6 Å². The Balaban J connectivity index is 1.64. The molecule has 1 aliphatic rings. The zero-order valence-electron chi connectivity index (χ0n) is 24.6. The Kier molecular flexibility index (Phi) is 9.90. The topological polar surface area (TPSA) is 146 Å². The lowest BCUT2D eigenvalue weighted by Gasteiger charge is -2.31. The number of benzene rings is 2. The number of hydrogen-bond donors (Lipinski definition) is 4. The van der Waals surface area contributed by atoms with E-state index in [1.54, 1.807) is 6.07 Å². The summed E-state index contributed by atoms with van der Waals surface area (Å²) in [5, 5.41) is 13.8. The molecule has 2 amide bonds. The summed E-state index contributed by atoms with van der Waals surface area (Å²) in [6.45, 7) is 9.39. The zero-order chi connectivity index (χ0) is 30.2. The van der Waals surface area contributed by atoms with Gasteiger partial charge in [-0.1, -0.05) is 52.0 Å². The maximum atomic E-state index is 12.8. The third kappa shape index (κ3) is 7.51. The van der Waals surface area contributed by atoms with Crippen LogP contribution < -0.4 is 21.1 Å². The lowest BCUT2D eigenvalue weighted by atomic mass is 10.0. The summed E-state index contributed by atoms with van der Waals surface area (Å²) in [5.41, 5.74) is 10.4. The molecule has 10 heteroatoms. The highest BCUT2D eigenvalue weighted by atomic mass is 16.5. The van der Waals surface area contributed by atoms with Gasteiger partial charge in [0.2, 0.25) is 5.91 Å². The van der Waals surface area contributed by atoms with Crippen LogP contribution in [-0.2, 0) is 22.6 Å². The molecule has 220 valence electrons. The lowest BCUT2D eigenvalue weighted by Crippen LogP contribution is -2.39. The van der Waals surface area contributed by atoms with E-state index >= 15 is 0 Å². The van der Waals surface area contributed by atoms with Crippen molar-refractivity contribution in [3.63, 3.8) is 0 Å². The first-order valence-electron chi connectivity index (χ1n) is 14.2. The molecule has 2 aromatic carbocycles. The van der Waals surface area contributed by atoms with Crippen LogP contribution in [0.15, 0.2) is 54.7 Å². The van der Waals surface area contributed by atoms with Crippen LogP contribution in [0, 0.1) is 17.2 Å². The SMILES string of the molecule is CC(C)CNC(=O)COc1cccc(-c2nc3c(c(Nc4ccc(/C(C=N)=C/N)cc4)n2)CN(C(=O)C(C)C)CC3)c1. The molecular weight excluding hydrogens is 530 g/mol. The summed E-state index contributed by atoms with van der Waals surface area (Å²) in [7, 11) is 0. The largest absolute Gasteiger partial charge is 0.484 e. The number of allylic oxidation sites excluding steroid dienone is 1. The van der Waals surface area contributed by atoms with Crippen molar-refractivity contribution in [2.24, 2.45) is 17.6 Å². The number of nitrogens with two attached hydrogens (primary N) is 1. The van der Waals surface area contributed by atoms with Crippen LogP contribution in [-0.4, -0.2) is 52.6 Å². The van der Waals surface area contributed by atoms with E-state index in [0.29, 0.717) is 54.9 Å². The van der Waals surface area contributed by atoms with Gasteiger partial charge in [-0.2, -0.15) is 0 Å². The van der Waals surface area contributed by atoms with Gasteiger partial charge in [0.1, 0.15) is 11.6 Å². The average Bonchev–Trinajstić information content (AvgIpc) is 2.99. The van der Waals surface area contributed by atoms with Crippen LogP contribution in [0.25, 0.3) is 17.0 Å². The van der Waals surface area contributed by atoms with Gasteiger partial charge in [0, 0.05) is 60.2 Å². The lowest BCUT2D eigenvalue weighted by molar-refractivity contribution is -0.135. The Hall–Kier alpha value is -4.73. The summed E-state index contributed by atoms with van der Waals surface area (Å²) < 4.78 is 5.76. The fourth-order valence-corrected chi connectivity index (χ4v) is 4.55. The minimum atomic E-state index is -0.174. The molecule has 0 radical (unpaired) electrons. The molecule has 2 heterocycles. The molecule has 0 aliphatic carbocycles. The van der Waals surface area contributed by atoms with Crippen molar-refractivity contribution in [1.82, 2.24) is 20.2 Å². The van der Waals surface area contributed by atoms with E-state index in [4.69, 9.17) is 25.8 Å². The van der Waals surface area contributed by atoms with Crippen molar-refractivity contribution in [3.8, 4) is 17.1 Å². The molecule has 0 saturated carbocycles. The molecule has 42 heavy (non-hydrogen) atoms. The normalized spacial score (nSPS) is 13.1. The summed E-state index contributed by atoms with van der Waals surface area (Å²) in [4.78, 5) is 36.6. The second-order valence-electron chi connectivity index (χ2n) is 11.0. The van der Waals surface area contributed by atoms with Gasteiger partial charge in [0.15, 0.2) is 12.4 Å². The van der Waals surface area contributed by atoms with Crippen molar-refractivity contribution < 1.29 is 14.3 Å². The molecule has 0 saturated heterocycles. The van der Waals surface area contributed by atoms with E-state index in [0.717, 1.165) is 28.1 Å². The highest BCUT2D eigenvalue weighted by Crippen LogP contribution is 2.31. The van der Waals surface area contributed by atoms with Crippen molar-refractivity contribution in [3.05, 3.63) is 71.6 Å². The van der Waals surface area contributed by atoms with E-state index in [-0.39, 0.29) is 24.3 Å². The number of aromatic nitrogens is 2. The molecule has 0 bridgehead atoms. The number of rotatable bonds is 11. The Morgan fingerprint density at radius 1 is 1.12 bits per heavy atom. The van der Waals surface area contributed by atoms with E-state index in [1.807, 2.05) is 75.1 Å². The van der Waals surface area contributed by atoms with Crippen LogP contribution in [0.2, 0.25) is 0 Å². The van der Waals surface area contributed by atoms with Gasteiger partial charge in [-0.25, -0.2) is 9.97 Å². The van der Waals surface area contributed by atoms with E-state index in [9.17, 15) is 9.59 Å². The van der Waals surface area contributed by atoms with Gasteiger partial charge in [-0.05, 0) is 35.7 Å². The van der Waals surface area contributed by atoms with Crippen LogP contribution >= 0.6 is 0 Å². The number of amides is 2. The summed E-state index contributed by atoms with van der Waals surface area (Å²) in [5.74, 6) is 1.85. The first-order chi connectivity index (χ1) is 20.2. The minimum Gasteiger partial charge on any atom is -0.484 e. The van der Waals surface area contributed by atoms with Gasteiger partial charge in [-0.3, -0.25) is 9.59 Å². The average molecular weight is 570 g/mol. The van der Waals surface area contributed by atoms with Gasteiger partial charge < -0.3 is 31.4 Å². The monoisotopic (exact) mass is 569 g/mol. The molecule has 0 unspecified atom stereocenters. The first-order valence-corrected chi connectivity index (χ1v) is 14.2. The van der Waals surface area contributed by atoms with Crippen molar-refractivity contribution >= 4 is 35.1 Å². The molecule has 1 aliphatic heterocycles. The van der Waals surface area contributed by atoms with Crippen molar-refractivity contribution in [1.29, 1.82) is 5.41 Å². The molecule has 0 atom stereocenters. The number of ether oxygens (including phenoxy) is 1. The number of carbonyl (C=O) groups is 2. The molecule has 3 aromatic rings. The maximum absolute atomic E-state index is 12.8. The van der Waals surface area contributed by atoms with Gasteiger partial charge in [0.25, 0.3) is 5.91 Å². The Morgan fingerprint density at radius 3 is 2.55 bits per heavy atom. The highest BCUT2D eigenvalue weighted by Gasteiger charge is 2.27. The number of fused-ring (bicyclic) bond motifs is 1.